The zero-order valence-corrected chi connectivity index (χ0v) is 10.7. The summed E-state index contributed by atoms with van der Waals surface area (Å²) in [6.45, 7) is 5.52. The molecule has 4 nitrogen and oxygen atoms in total. The Morgan fingerprint density at radius 1 is 1.44 bits per heavy atom. The van der Waals surface area contributed by atoms with Crippen molar-refractivity contribution in [3.05, 3.63) is 36.2 Å². The molecule has 0 unspecified atom stereocenters. The number of ether oxygens (including phenoxy) is 1. The Bertz CT molecular complexity index is 591. The van der Waals surface area contributed by atoms with Gasteiger partial charge in [0.2, 0.25) is 0 Å². The highest BCUT2D eigenvalue weighted by Crippen LogP contribution is 2.13. The minimum atomic E-state index is -0.468. The van der Waals surface area contributed by atoms with Gasteiger partial charge in [0.1, 0.15) is 11.2 Å². The summed E-state index contributed by atoms with van der Waals surface area (Å²) in [7, 11) is 0. The molecular weight excluding hydrogens is 228 g/mol. The van der Waals surface area contributed by atoms with Crippen LogP contribution >= 0.6 is 0 Å². The monoisotopic (exact) mass is 244 g/mol. The van der Waals surface area contributed by atoms with Crippen LogP contribution in [0, 0.1) is 0 Å². The number of nitrogens with zero attached hydrogens (tertiary/aromatic N) is 1. The van der Waals surface area contributed by atoms with Gasteiger partial charge in [-0.3, -0.25) is 0 Å². The fraction of sp³-hybridized carbons (Fsp3) is 0.286. The molecule has 2 heterocycles. The Morgan fingerprint density at radius 2 is 2.22 bits per heavy atom. The van der Waals surface area contributed by atoms with E-state index >= 15 is 0 Å². The molecule has 2 rings (SSSR count). The first-order valence-electron chi connectivity index (χ1n) is 5.78. The lowest BCUT2D eigenvalue weighted by Gasteiger charge is -2.17. The third-order valence-electron chi connectivity index (χ3n) is 2.24. The predicted molar refractivity (Wildman–Crippen MR) is 71.0 cm³/mol. The Kier molecular flexibility index (Phi) is 3.19. The van der Waals surface area contributed by atoms with E-state index in [1.807, 2.05) is 39.1 Å². The van der Waals surface area contributed by atoms with E-state index in [-0.39, 0.29) is 5.97 Å². The van der Waals surface area contributed by atoms with E-state index in [0.29, 0.717) is 0 Å². The van der Waals surface area contributed by atoms with Crippen molar-refractivity contribution in [2.75, 3.05) is 0 Å². The van der Waals surface area contributed by atoms with Crippen molar-refractivity contribution in [1.29, 1.82) is 0 Å². The van der Waals surface area contributed by atoms with E-state index in [2.05, 4.69) is 9.97 Å². The summed E-state index contributed by atoms with van der Waals surface area (Å²) in [6.07, 6.45) is 6.66. The highest BCUT2D eigenvalue weighted by molar-refractivity contribution is 5.88. The van der Waals surface area contributed by atoms with Gasteiger partial charge in [0.25, 0.3) is 0 Å². The van der Waals surface area contributed by atoms with Crippen molar-refractivity contribution in [3.8, 4) is 0 Å². The van der Waals surface area contributed by atoms with Crippen molar-refractivity contribution in [3.63, 3.8) is 0 Å². The summed E-state index contributed by atoms with van der Waals surface area (Å²) >= 11 is 0. The number of nitrogens with one attached hydrogen (secondary N) is 1. The predicted octanol–water partition coefficient (Wildman–Crippen LogP) is 2.92. The molecular formula is C14H16N2O2. The van der Waals surface area contributed by atoms with Gasteiger partial charge in [0.15, 0.2) is 0 Å². The first-order valence-corrected chi connectivity index (χ1v) is 5.78. The summed E-state index contributed by atoms with van der Waals surface area (Å²) in [4.78, 5) is 18.8. The number of aromatic amines is 1. The molecule has 0 radical (unpaired) electrons. The fourth-order valence-electron chi connectivity index (χ4n) is 1.55. The van der Waals surface area contributed by atoms with Crippen LogP contribution < -0.4 is 0 Å². The number of aromatic nitrogens is 2. The Morgan fingerprint density at radius 3 is 2.94 bits per heavy atom. The maximum atomic E-state index is 11.5. The van der Waals surface area contributed by atoms with Gasteiger partial charge < -0.3 is 9.72 Å². The van der Waals surface area contributed by atoms with Crippen molar-refractivity contribution in [1.82, 2.24) is 9.97 Å². The van der Waals surface area contributed by atoms with E-state index in [1.165, 1.54) is 6.08 Å². The maximum absolute atomic E-state index is 11.5. The van der Waals surface area contributed by atoms with Gasteiger partial charge in [0, 0.05) is 23.9 Å². The second-order valence-corrected chi connectivity index (χ2v) is 5.05. The van der Waals surface area contributed by atoms with Gasteiger partial charge in [-0.1, -0.05) is 0 Å². The van der Waals surface area contributed by atoms with Crippen LogP contribution in [0.1, 0.15) is 26.3 Å². The molecule has 0 atom stereocenters. The van der Waals surface area contributed by atoms with E-state index < -0.39 is 5.60 Å². The molecule has 0 aliphatic rings. The molecule has 0 bridgehead atoms. The Balaban J connectivity index is 2.10. The summed E-state index contributed by atoms with van der Waals surface area (Å²) in [5, 5.41) is 1.02. The quantitative estimate of drug-likeness (QED) is 0.652. The number of H-pyrrole nitrogens is 1. The molecule has 1 N–H and O–H groups in total. The second kappa shape index (κ2) is 4.64. The van der Waals surface area contributed by atoms with Gasteiger partial charge in [-0.25, -0.2) is 9.78 Å². The van der Waals surface area contributed by atoms with Gasteiger partial charge in [-0.05, 0) is 44.5 Å². The van der Waals surface area contributed by atoms with Crippen LogP contribution in [0.3, 0.4) is 0 Å². The van der Waals surface area contributed by atoms with Crippen molar-refractivity contribution in [2.24, 2.45) is 0 Å². The maximum Gasteiger partial charge on any atom is 0.331 e. The SMILES string of the molecule is CC(C)(C)OC(=O)/C=C/c1cnc2[nH]ccc2c1. The average Bonchev–Trinajstić information content (AvgIpc) is 2.71. The van der Waals surface area contributed by atoms with Crippen LogP contribution in [0.4, 0.5) is 0 Å². The lowest BCUT2D eigenvalue weighted by molar-refractivity contribution is -0.148. The molecule has 0 fully saturated rings. The van der Waals surface area contributed by atoms with E-state index in [1.54, 1.807) is 12.3 Å². The standard InChI is InChI=1S/C14H16N2O2/c1-14(2,3)18-12(17)5-4-10-8-11-6-7-15-13(11)16-9-10/h4-9H,1-3H3,(H,15,16)/b5-4+. The van der Waals surface area contributed by atoms with E-state index in [4.69, 9.17) is 4.74 Å². The van der Waals surface area contributed by atoms with Gasteiger partial charge >= 0.3 is 5.97 Å². The van der Waals surface area contributed by atoms with Crippen LogP contribution in [0.2, 0.25) is 0 Å². The molecule has 0 aromatic carbocycles. The largest absolute Gasteiger partial charge is 0.457 e. The molecule has 2 aromatic rings. The van der Waals surface area contributed by atoms with E-state index in [9.17, 15) is 4.79 Å². The van der Waals surface area contributed by atoms with Gasteiger partial charge in [0.05, 0.1) is 0 Å². The van der Waals surface area contributed by atoms with Crippen LogP contribution in [-0.2, 0) is 9.53 Å². The number of carbonyl (C=O) groups is 1. The van der Waals surface area contributed by atoms with Crippen molar-refractivity contribution in [2.45, 2.75) is 26.4 Å². The number of fused-ring (bicyclic) bond motifs is 1. The van der Waals surface area contributed by atoms with Crippen LogP contribution in [0.5, 0.6) is 0 Å². The average molecular weight is 244 g/mol. The molecule has 18 heavy (non-hydrogen) atoms. The molecule has 94 valence electrons. The fourth-order valence-corrected chi connectivity index (χ4v) is 1.55. The lowest BCUT2D eigenvalue weighted by Crippen LogP contribution is -2.22. The molecule has 0 aliphatic carbocycles. The van der Waals surface area contributed by atoms with Gasteiger partial charge in [-0.2, -0.15) is 0 Å². The molecule has 2 aromatic heterocycles. The molecule has 0 saturated heterocycles. The topological polar surface area (TPSA) is 55.0 Å². The molecule has 0 aliphatic heterocycles. The lowest BCUT2D eigenvalue weighted by atomic mass is 10.2. The number of carbonyl (C=O) groups excluding carboxylic acids is 1. The molecule has 0 amide bonds. The Labute approximate surface area is 106 Å². The zero-order chi connectivity index (χ0) is 13.2. The smallest absolute Gasteiger partial charge is 0.331 e. The number of hydrogen-bond acceptors (Lipinski definition) is 3. The summed E-state index contributed by atoms with van der Waals surface area (Å²) in [5.74, 6) is -0.350. The number of rotatable bonds is 2. The third-order valence-corrected chi connectivity index (χ3v) is 2.24. The van der Waals surface area contributed by atoms with Gasteiger partial charge in [-0.15, -0.1) is 0 Å². The number of hydrogen-bond donors (Lipinski definition) is 1. The normalized spacial score (nSPS) is 12.2. The van der Waals surface area contributed by atoms with Crippen LogP contribution in [-0.4, -0.2) is 21.5 Å². The van der Waals surface area contributed by atoms with Crippen LogP contribution in [0.15, 0.2) is 30.6 Å². The minimum Gasteiger partial charge on any atom is -0.457 e. The van der Waals surface area contributed by atoms with Crippen molar-refractivity contribution >= 4 is 23.1 Å². The molecule has 0 spiro atoms. The number of esters is 1. The molecule has 0 saturated carbocycles. The zero-order valence-electron chi connectivity index (χ0n) is 10.7. The number of pyridine rings is 1. The molecule has 4 heteroatoms. The van der Waals surface area contributed by atoms with Crippen molar-refractivity contribution < 1.29 is 9.53 Å². The summed E-state index contributed by atoms with van der Waals surface area (Å²) < 4.78 is 5.18. The first kappa shape index (κ1) is 12.4. The Hall–Kier alpha value is -2.10. The minimum absolute atomic E-state index is 0.350. The summed E-state index contributed by atoms with van der Waals surface area (Å²) in [5.41, 5.74) is 1.24. The third kappa shape index (κ3) is 3.20. The summed E-state index contributed by atoms with van der Waals surface area (Å²) in [6, 6.07) is 3.90. The highest BCUT2D eigenvalue weighted by Gasteiger charge is 2.13. The van der Waals surface area contributed by atoms with E-state index in [0.717, 1.165) is 16.6 Å². The van der Waals surface area contributed by atoms with Crippen LogP contribution in [0.25, 0.3) is 17.1 Å². The highest BCUT2D eigenvalue weighted by atomic mass is 16.6. The second-order valence-electron chi connectivity index (χ2n) is 5.05. The first-order chi connectivity index (χ1) is 8.44.